The third-order valence-corrected chi connectivity index (χ3v) is 10.7. The Bertz CT molecular complexity index is 2050. The lowest BCUT2D eigenvalue weighted by Gasteiger charge is -2.38. The van der Waals surface area contributed by atoms with E-state index in [1.807, 2.05) is 139 Å². The lowest BCUT2D eigenvalue weighted by atomic mass is 9.84. The summed E-state index contributed by atoms with van der Waals surface area (Å²) >= 11 is 0. The molecule has 2 aromatic heterocycles. The van der Waals surface area contributed by atoms with Crippen molar-refractivity contribution < 1.29 is 29.0 Å². The number of amides is 5. The third-order valence-electron chi connectivity index (χ3n) is 10.7. The van der Waals surface area contributed by atoms with Crippen LogP contribution < -0.4 is 16.0 Å². The summed E-state index contributed by atoms with van der Waals surface area (Å²) in [6.45, 7) is 14.4. The first-order valence-corrected chi connectivity index (χ1v) is 20.6. The molecule has 1 fully saturated rings. The molecule has 2 aromatic carbocycles. The Morgan fingerprint density at radius 3 is 2.08 bits per heavy atom. The molecule has 1 aliphatic rings. The highest BCUT2D eigenvalue weighted by atomic mass is 16.5. The van der Waals surface area contributed by atoms with E-state index in [1.54, 1.807) is 16.0 Å². The Kier molecular flexibility index (Phi) is 15.1. The predicted molar refractivity (Wildman–Crippen MR) is 232 cm³/mol. The number of alkyl carbamates (subject to hydrolysis) is 1. The number of hydrogen-bond acceptors (Lipinski definition) is 8. The zero-order chi connectivity index (χ0) is 43.6. The molecule has 0 radical (unpaired) electrons. The van der Waals surface area contributed by atoms with E-state index in [2.05, 4.69) is 25.9 Å². The summed E-state index contributed by atoms with van der Waals surface area (Å²) in [6, 6.07) is 25.4. The molecule has 13 nitrogen and oxygen atoms in total. The lowest BCUT2D eigenvalue weighted by Crippen LogP contribution is -2.59. The molecule has 1 aliphatic heterocycles. The smallest absolute Gasteiger partial charge is 0.407 e. The van der Waals surface area contributed by atoms with Gasteiger partial charge in [0.1, 0.15) is 12.1 Å². The minimum atomic E-state index is -1.16. The number of carbonyl (C=O) groups is 4. The van der Waals surface area contributed by atoms with Gasteiger partial charge in [-0.25, -0.2) is 9.59 Å². The maximum absolute atomic E-state index is 14.6. The number of pyridine rings is 2. The third kappa shape index (κ3) is 12.4. The SMILES string of the molecule is COC(=O)NC(C(=O)N[C@@H](Cc1ccc(-c2ccccn2)cc1)[C@@H](O)C[C@H](Cc1ccccc1)NC(=O)C(N1CCN(Cc2cccc(C)n2)C1=O)C(C)(C)C)C(C)(C)C. The fraction of sp³-hybridized carbons (Fsp3) is 0.447. The number of benzene rings is 2. The van der Waals surface area contributed by atoms with Gasteiger partial charge in [0.2, 0.25) is 11.8 Å². The van der Waals surface area contributed by atoms with E-state index < -0.39 is 53.1 Å². The molecule has 5 atom stereocenters. The lowest BCUT2D eigenvalue weighted by molar-refractivity contribution is -0.130. The Morgan fingerprint density at radius 2 is 1.47 bits per heavy atom. The van der Waals surface area contributed by atoms with E-state index >= 15 is 0 Å². The summed E-state index contributed by atoms with van der Waals surface area (Å²) in [7, 11) is 1.23. The van der Waals surface area contributed by atoms with Crippen LogP contribution in [-0.4, -0.2) is 99.3 Å². The Balaban J connectivity index is 1.42. The second-order valence-electron chi connectivity index (χ2n) is 17.8. The molecule has 4 aromatic rings. The molecule has 0 bridgehead atoms. The van der Waals surface area contributed by atoms with Gasteiger partial charge in [0, 0.05) is 36.6 Å². The van der Waals surface area contributed by atoms with Crippen molar-refractivity contribution in [1.29, 1.82) is 0 Å². The largest absolute Gasteiger partial charge is 0.453 e. The van der Waals surface area contributed by atoms with E-state index in [1.165, 1.54) is 7.11 Å². The van der Waals surface area contributed by atoms with Crippen LogP contribution in [0.15, 0.2) is 97.2 Å². The number of rotatable bonds is 16. The van der Waals surface area contributed by atoms with Crippen LogP contribution >= 0.6 is 0 Å². The monoisotopic (exact) mass is 819 g/mol. The van der Waals surface area contributed by atoms with E-state index in [0.29, 0.717) is 26.1 Å². The number of carbonyl (C=O) groups excluding carboxylic acids is 4. The number of aliphatic hydroxyl groups is 1. The summed E-state index contributed by atoms with van der Waals surface area (Å²) in [5, 5.41) is 21.1. The fourth-order valence-corrected chi connectivity index (χ4v) is 7.70. The summed E-state index contributed by atoms with van der Waals surface area (Å²) < 4.78 is 4.84. The van der Waals surface area contributed by atoms with Gasteiger partial charge in [-0.3, -0.25) is 19.6 Å². The molecule has 0 spiro atoms. The maximum Gasteiger partial charge on any atom is 0.407 e. The van der Waals surface area contributed by atoms with E-state index in [-0.39, 0.29) is 24.8 Å². The molecule has 0 aliphatic carbocycles. The van der Waals surface area contributed by atoms with Crippen LogP contribution in [0.3, 0.4) is 0 Å². The first kappa shape index (κ1) is 45.3. The topological polar surface area (TPSA) is 166 Å². The molecule has 2 unspecified atom stereocenters. The first-order valence-electron chi connectivity index (χ1n) is 20.6. The van der Waals surface area contributed by atoms with Crippen LogP contribution in [0.4, 0.5) is 9.59 Å². The zero-order valence-corrected chi connectivity index (χ0v) is 36.1. The normalized spacial score (nSPS) is 15.7. The first-order chi connectivity index (χ1) is 28.4. The number of urea groups is 1. The number of ether oxygens (including phenoxy) is 1. The highest BCUT2D eigenvalue weighted by Gasteiger charge is 2.44. The highest BCUT2D eigenvalue weighted by molar-refractivity contribution is 5.89. The van der Waals surface area contributed by atoms with E-state index in [9.17, 15) is 24.3 Å². The maximum atomic E-state index is 14.6. The number of nitrogens with zero attached hydrogens (tertiary/aromatic N) is 4. The fourth-order valence-electron chi connectivity index (χ4n) is 7.70. The molecule has 3 heterocycles. The second-order valence-corrected chi connectivity index (χ2v) is 17.8. The zero-order valence-electron chi connectivity index (χ0n) is 36.1. The summed E-state index contributed by atoms with van der Waals surface area (Å²) in [5.41, 5.74) is 3.82. The molecule has 5 amide bonds. The quantitative estimate of drug-likeness (QED) is 0.106. The van der Waals surface area contributed by atoms with Crippen molar-refractivity contribution in [3.8, 4) is 11.3 Å². The minimum absolute atomic E-state index is 0.0676. The highest BCUT2D eigenvalue weighted by Crippen LogP contribution is 2.29. The molecular weight excluding hydrogens is 759 g/mol. The standard InChI is InChI=1S/C47H61N7O6/c1-31-15-14-18-35(49-31)30-53-25-26-54(45(53)59)41(47(5,6)7)43(57)50-36(27-32-16-10-9-11-17-32)29-39(55)38(51-42(56)40(46(2,3)4)52-44(58)60-8)28-33-20-22-34(23-21-33)37-19-12-13-24-48-37/h9-24,36,38-41,55H,25-30H2,1-8H3,(H,50,57)(H,51,56)(H,52,58)/t36-,38-,39-,40?,41?/m0/s1. The predicted octanol–water partition coefficient (Wildman–Crippen LogP) is 6.08. The van der Waals surface area contributed by atoms with Crippen molar-refractivity contribution in [3.05, 3.63) is 120 Å². The van der Waals surface area contributed by atoms with Crippen LogP contribution in [0.1, 0.15) is 70.5 Å². The van der Waals surface area contributed by atoms with Crippen LogP contribution in [0.2, 0.25) is 0 Å². The minimum Gasteiger partial charge on any atom is -0.453 e. The number of aryl methyl sites for hydroxylation is 1. The average molecular weight is 820 g/mol. The van der Waals surface area contributed by atoms with Gasteiger partial charge in [-0.05, 0) is 72.4 Å². The van der Waals surface area contributed by atoms with E-state index in [4.69, 9.17) is 4.74 Å². The van der Waals surface area contributed by atoms with Gasteiger partial charge in [-0.2, -0.15) is 0 Å². The van der Waals surface area contributed by atoms with Crippen molar-refractivity contribution in [2.24, 2.45) is 10.8 Å². The molecule has 13 heteroatoms. The Hall–Kier alpha value is -5.82. The summed E-state index contributed by atoms with van der Waals surface area (Å²) in [5.74, 6) is -0.822. The van der Waals surface area contributed by atoms with Gasteiger partial charge >= 0.3 is 12.1 Å². The van der Waals surface area contributed by atoms with Gasteiger partial charge in [-0.15, -0.1) is 0 Å². The molecule has 60 heavy (non-hydrogen) atoms. The molecular formula is C47H61N7O6. The van der Waals surface area contributed by atoms with Gasteiger partial charge < -0.3 is 35.6 Å². The van der Waals surface area contributed by atoms with Gasteiger partial charge in [0.05, 0.1) is 37.2 Å². The van der Waals surface area contributed by atoms with Gasteiger partial charge in [0.25, 0.3) is 0 Å². The average Bonchev–Trinajstić information content (AvgIpc) is 3.54. The second kappa shape index (κ2) is 20.0. The van der Waals surface area contributed by atoms with E-state index in [0.717, 1.165) is 33.8 Å². The van der Waals surface area contributed by atoms with Crippen LogP contribution in [0.5, 0.6) is 0 Å². The molecule has 5 rings (SSSR count). The van der Waals surface area contributed by atoms with Crippen LogP contribution in [-0.2, 0) is 33.7 Å². The van der Waals surface area contributed by atoms with Crippen molar-refractivity contribution in [1.82, 2.24) is 35.7 Å². The number of aliphatic hydroxyl groups excluding tert-OH is 1. The van der Waals surface area contributed by atoms with Crippen molar-refractivity contribution in [3.63, 3.8) is 0 Å². The van der Waals surface area contributed by atoms with Crippen molar-refractivity contribution in [2.75, 3.05) is 20.2 Å². The van der Waals surface area contributed by atoms with Crippen molar-refractivity contribution in [2.45, 2.75) is 105 Å². The molecule has 1 saturated heterocycles. The molecule has 320 valence electrons. The van der Waals surface area contributed by atoms with Gasteiger partial charge in [0.15, 0.2) is 0 Å². The number of hydrogen-bond donors (Lipinski definition) is 4. The number of nitrogens with one attached hydrogen (secondary N) is 3. The Labute approximate surface area is 354 Å². The van der Waals surface area contributed by atoms with Crippen LogP contribution in [0.25, 0.3) is 11.3 Å². The number of aromatic nitrogens is 2. The molecule has 0 saturated carbocycles. The van der Waals surface area contributed by atoms with Crippen molar-refractivity contribution >= 4 is 23.9 Å². The van der Waals surface area contributed by atoms with Gasteiger partial charge in [-0.1, -0.05) is 108 Å². The summed E-state index contributed by atoms with van der Waals surface area (Å²) in [6.07, 6.45) is 0.518. The molecule has 4 N–H and O–H groups in total. The summed E-state index contributed by atoms with van der Waals surface area (Å²) in [4.78, 5) is 67.3. The Morgan fingerprint density at radius 1 is 0.783 bits per heavy atom. The number of methoxy groups -OCH3 is 1. The van der Waals surface area contributed by atoms with Crippen LogP contribution in [0, 0.1) is 17.8 Å².